The molecule has 314 valence electrons. The molecule has 2 fully saturated rings. The Hall–Kier alpha value is -5.72. The molecule has 4 aliphatic rings. The van der Waals surface area contributed by atoms with Gasteiger partial charge in [0.2, 0.25) is 12.4 Å². The Labute approximate surface area is 343 Å². The highest BCUT2D eigenvalue weighted by atomic mass is 16.8. The molecule has 7 N–H and O–H groups in total. The number of ether oxygens (including phenoxy) is 3. The number of phenolic OH excluding ortho intramolecular Hbond substituents is 1. The number of nitrogens with one attached hydrogen (secondary N) is 2. The van der Waals surface area contributed by atoms with Crippen molar-refractivity contribution < 1.29 is 63.7 Å². The molecule has 1 aromatic heterocycles. The summed E-state index contributed by atoms with van der Waals surface area (Å²) in [5.74, 6) is -4.52. The number of hydrogen-bond donors (Lipinski definition) is 7. The van der Waals surface area contributed by atoms with Crippen LogP contribution in [0.5, 0.6) is 11.5 Å². The van der Waals surface area contributed by atoms with Gasteiger partial charge < -0.3 is 49.5 Å². The smallest absolute Gasteiger partial charge is 0.322 e. The van der Waals surface area contributed by atoms with E-state index in [-0.39, 0.29) is 40.1 Å². The standard InChI is InChI=1S/C44H45N3O13/c1-22-14-23(2)16-27(15-22)37-36-25(11-13-46-36)18-47(37)60-41-40(52)39(51)33(21-57-43(55)34(42(53)54)35-26(19-48)4-3-12-45-35)59-44(41)58-29-9-10-30-32(17-29)56-20-31(38(30)50)24-5-7-28(49)8-6-24/h5-11,13-17,20,26,33-35,39-41,44-45,48-49,51-52H,3-4,12,18-19,21H2,1-2H3,(H,53,54)/p+1. The van der Waals surface area contributed by atoms with Gasteiger partial charge in [0, 0.05) is 36.1 Å². The second-order valence-electron chi connectivity index (χ2n) is 15.6. The van der Waals surface area contributed by atoms with Crippen molar-refractivity contribution in [2.45, 2.75) is 63.4 Å². The zero-order valence-electron chi connectivity index (χ0n) is 32.8. The van der Waals surface area contributed by atoms with E-state index >= 15 is 0 Å². The molecule has 0 amide bonds. The number of phenols is 1. The number of benzene rings is 3. The number of carbonyl (C=O) groups excluding carboxylic acids is 1. The number of nitrogens with zero attached hydrogens (tertiary/aromatic N) is 1. The van der Waals surface area contributed by atoms with Crippen LogP contribution in [-0.2, 0) is 23.9 Å². The van der Waals surface area contributed by atoms with E-state index in [4.69, 9.17) is 23.5 Å². The van der Waals surface area contributed by atoms with E-state index in [0.29, 0.717) is 48.0 Å². The molecule has 0 spiro atoms. The second kappa shape index (κ2) is 17.1. The van der Waals surface area contributed by atoms with Crippen LogP contribution in [0.3, 0.4) is 0 Å². The van der Waals surface area contributed by atoms with E-state index < -0.39 is 67.1 Å². The number of rotatable bonds is 12. The Morgan fingerprint density at radius 3 is 2.52 bits per heavy atom. The molecule has 9 atom stereocenters. The number of aliphatic hydroxyl groups excluding tert-OH is 3. The molecule has 16 heteroatoms. The average Bonchev–Trinajstić information content (AvgIpc) is 3.82. The number of aliphatic hydroxyl groups is 3. The van der Waals surface area contributed by atoms with Crippen LogP contribution in [0.25, 0.3) is 27.8 Å². The molecule has 0 radical (unpaired) electrons. The molecular formula is C44H46N3O13+. The lowest BCUT2D eigenvalue weighted by atomic mass is 9.83. The number of carboxylic acids is 1. The fraction of sp³-hybridized carbons (Fsp3) is 0.364. The predicted octanol–water partition coefficient (Wildman–Crippen LogP) is 1.79. The van der Waals surface area contributed by atoms with Crippen molar-refractivity contribution >= 4 is 34.8 Å². The van der Waals surface area contributed by atoms with Gasteiger partial charge in [0.15, 0.2) is 17.0 Å². The monoisotopic (exact) mass is 824 g/mol. The van der Waals surface area contributed by atoms with Gasteiger partial charge in [0.25, 0.3) is 0 Å². The summed E-state index contributed by atoms with van der Waals surface area (Å²) in [5, 5.41) is 56.7. The molecule has 16 nitrogen and oxygen atoms in total. The van der Waals surface area contributed by atoms with Crippen LogP contribution < -0.4 is 20.5 Å². The van der Waals surface area contributed by atoms with E-state index in [1.807, 2.05) is 38.1 Å². The third-order valence-electron chi connectivity index (χ3n) is 11.4. The Morgan fingerprint density at radius 1 is 1.02 bits per heavy atom. The first-order valence-electron chi connectivity index (χ1n) is 19.8. The van der Waals surface area contributed by atoms with Crippen molar-refractivity contribution in [1.29, 1.82) is 0 Å². The molecule has 8 rings (SSSR count). The van der Waals surface area contributed by atoms with Crippen LogP contribution in [-0.4, -0.2) is 107 Å². The summed E-state index contributed by atoms with van der Waals surface area (Å²) in [6.07, 6.45) is -1.56. The minimum absolute atomic E-state index is 0.0475. The van der Waals surface area contributed by atoms with Crippen LogP contribution in [0.2, 0.25) is 0 Å². The number of carbonyl (C=O) groups is 2. The summed E-state index contributed by atoms with van der Waals surface area (Å²) in [6.45, 7) is 3.74. The number of esters is 1. The number of aliphatic carboxylic acids is 1. The molecule has 4 aromatic rings. The van der Waals surface area contributed by atoms with E-state index in [1.54, 1.807) is 18.3 Å². The summed E-state index contributed by atoms with van der Waals surface area (Å²) in [5.41, 5.74) is 5.84. The van der Waals surface area contributed by atoms with Crippen molar-refractivity contribution in [3.63, 3.8) is 0 Å². The highest BCUT2D eigenvalue weighted by Gasteiger charge is 2.52. The quantitative estimate of drug-likeness (QED) is 0.0799. The number of aliphatic imine (C=N–C) groups is 1. The van der Waals surface area contributed by atoms with Crippen LogP contribution in [0.1, 0.15) is 29.5 Å². The fourth-order valence-electron chi connectivity index (χ4n) is 8.46. The number of fused-ring (bicyclic) bond motifs is 2. The third kappa shape index (κ3) is 8.10. The normalized spacial score (nSPS) is 26.8. The maximum absolute atomic E-state index is 13.5. The molecule has 60 heavy (non-hydrogen) atoms. The topological polar surface area (TPSA) is 231 Å². The summed E-state index contributed by atoms with van der Waals surface area (Å²) in [7, 11) is 0. The first-order chi connectivity index (χ1) is 28.9. The SMILES string of the molecule is Cc1cc(C)cc(C2=C3N=CC=C3C[NH+]2OC2C(Oc3ccc4c(=O)c(-c5ccc(O)cc5)coc4c3)OC(COC(=O)C(C(=O)O)C3NCCCC3CO)C(O)C2O)c1. The lowest BCUT2D eigenvalue weighted by molar-refractivity contribution is -1.04. The summed E-state index contributed by atoms with van der Waals surface area (Å²) < 4.78 is 23.9. The van der Waals surface area contributed by atoms with Gasteiger partial charge in [-0.25, -0.2) is 4.99 Å². The van der Waals surface area contributed by atoms with Gasteiger partial charge in [-0.2, -0.15) is 9.90 Å². The number of hydrogen-bond acceptors (Lipinski definition) is 14. The van der Waals surface area contributed by atoms with Crippen molar-refractivity contribution in [3.8, 4) is 22.6 Å². The molecule has 0 aliphatic carbocycles. The van der Waals surface area contributed by atoms with E-state index in [1.165, 1.54) is 36.6 Å². The van der Waals surface area contributed by atoms with Crippen molar-refractivity contribution in [1.82, 2.24) is 5.32 Å². The van der Waals surface area contributed by atoms with Crippen LogP contribution in [0.4, 0.5) is 0 Å². The van der Waals surface area contributed by atoms with Crippen molar-refractivity contribution in [3.05, 3.63) is 111 Å². The minimum Gasteiger partial charge on any atom is -0.508 e. The van der Waals surface area contributed by atoms with Gasteiger partial charge in [0.1, 0.15) is 60.5 Å². The largest absolute Gasteiger partial charge is 0.508 e. The van der Waals surface area contributed by atoms with Crippen molar-refractivity contribution in [2.75, 3.05) is 26.3 Å². The first kappa shape index (κ1) is 41.0. The summed E-state index contributed by atoms with van der Waals surface area (Å²) in [6, 6.07) is 15.8. The molecule has 3 aromatic carbocycles. The van der Waals surface area contributed by atoms with Gasteiger partial charge in [-0.15, -0.1) is 0 Å². The van der Waals surface area contributed by atoms with Gasteiger partial charge >= 0.3 is 11.9 Å². The molecule has 0 saturated carbocycles. The van der Waals surface area contributed by atoms with Crippen LogP contribution in [0, 0.1) is 25.7 Å². The molecule has 9 unspecified atom stereocenters. The number of piperidine rings is 1. The number of allylic oxidation sites excluding steroid dienone is 1. The number of hydroxylamine groups is 2. The van der Waals surface area contributed by atoms with E-state index in [9.17, 15) is 39.9 Å². The second-order valence-corrected chi connectivity index (χ2v) is 15.6. The Morgan fingerprint density at radius 2 is 1.78 bits per heavy atom. The molecule has 0 bridgehead atoms. The number of quaternary nitrogens is 1. The minimum atomic E-state index is -1.70. The summed E-state index contributed by atoms with van der Waals surface area (Å²) >= 11 is 0. The maximum atomic E-state index is 13.5. The lowest BCUT2D eigenvalue weighted by Crippen LogP contribution is -3.08. The van der Waals surface area contributed by atoms with Gasteiger partial charge in [-0.05, 0) is 87.2 Å². The fourth-order valence-corrected chi connectivity index (χ4v) is 8.46. The lowest BCUT2D eigenvalue weighted by Gasteiger charge is -2.41. The zero-order valence-corrected chi connectivity index (χ0v) is 32.8. The van der Waals surface area contributed by atoms with Gasteiger partial charge in [0.05, 0.1) is 10.9 Å². The van der Waals surface area contributed by atoms with Crippen molar-refractivity contribution in [2.24, 2.45) is 16.8 Å². The van der Waals surface area contributed by atoms with Crippen LogP contribution >= 0.6 is 0 Å². The number of aryl methyl sites for hydroxylation is 2. The van der Waals surface area contributed by atoms with Gasteiger partial charge in [-0.3, -0.25) is 14.4 Å². The van der Waals surface area contributed by atoms with E-state index in [0.717, 1.165) is 22.3 Å². The molecule has 5 heterocycles. The molecular weight excluding hydrogens is 778 g/mol. The van der Waals surface area contributed by atoms with E-state index in [2.05, 4.69) is 10.3 Å². The number of aromatic hydroxyl groups is 1. The average molecular weight is 825 g/mol. The Balaban J connectivity index is 1.09. The number of carboxylic acid groups (broad SMARTS) is 1. The summed E-state index contributed by atoms with van der Waals surface area (Å²) in [4.78, 5) is 50.5. The zero-order chi connectivity index (χ0) is 42.2. The Bertz CT molecular complexity index is 2420. The highest BCUT2D eigenvalue weighted by molar-refractivity contribution is 5.95. The first-order valence-corrected chi connectivity index (χ1v) is 19.8. The maximum Gasteiger partial charge on any atom is 0.322 e. The Kier molecular flexibility index (Phi) is 11.7. The molecule has 2 saturated heterocycles. The predicted molar refractivity (Wildman–Crippen MR) is 215 cm³/mol. The molecule has 4 aliphatic heterocycles. The highest BCUT2D eigenvalue weighted by Crippen LogP contribution is 2.33. The third-order valence-corrected chi connectivity index (χ3v) is 11.4. The van der Waals surface area contributed by atoms with Crippen LogP contribution in [0.15, 0.2) is 98.5 Å². The van der Waals surface area contributed by atoms with Gasteiger partial charge in [-0.1, -0.05) is 29.3 Å².